The first kappa shape index (κ1) is 19.1. The van der Waals surface area contributed by atoms with Crippen molar-refractivity contribution in [3.63, 3.8) is 0 Å². The van der Waals surface area contributed by atoms with Crippen LogP contribution in [0.1, 0.15) is 48.0 Å². The van der Waals surface area contributed by atoms with Gasteiger partial charge in [-0.15, -0.1) is 0 Å². The number of piperidine rings is 1. The van der Waals surface area contributed by atoms with Crippen molar-refractivity contribution >= 4 is 5.91 Å². The number of carbonyl (C=O) groups excluding carboxylic acids is 1. The van der Waals surface area contributed by atoms with Gasteiger partial charge in [0.25, 0.3) is 5.91 Å². The number of nitrogens with zero attached hydrogens (tertiary/aromatic N) is 1. The molecule has 1 saturated heterocycles. The van der Waals surface area contributed by atoms with Gasteiger partial charge < -0.3 is 14.4 Å². The third-order valence-electron chi connectivity index (χ3n) is 6.93. The van der Waals surface area contributed by atoms with Gasteiger partial charge in [0.05, 0.1) is 11.9 Å². The second-order valence-corrected chi connectivity index (χ2v) is 8.56. The Hall–Kier alpha value is -2.85. The second-order valence-electron chi connectivity index (χ2n) is 8.56. The van der Waals surface area contributed by atoms with E-state index in [2.05, 4.69) is 0 Å². The number of hydrogen-bond donors (Lipinski definition) is 1. The quantitative estimate of drug-likeness (QED) is 0.653. The van der Waals surface area contributed by atoms with Crippen molar-refractivity contribution in [2.24, 2.45) is 5.92 Å². The molecule has 0 radical (unpaired) electrons. The molecular formula is C26H27NO3. The maximum absolute atomic E-state index is 13.5. The first-order chi connectivity index (χ1) is 14.7. The molecule has 4 heteroatoms. The van der Waals surface area contributed by atoms with Crippen molar-refractivity contribution in [3.8, 4) is 11.3 Å². The third-order valence-corrected chi connectivity index (χ3v) is 6.93. The zero-order chi connectivity index (χ0) is 20.6. The van der Waals surface area contributed by atoms with E-state index in [1.807, 2.05) is 71.6 Å². The topological polar surface area (TPSA) is 53.7 Å². The lowest BCUT2D eigenvalue weighted by molar-refractivity contribution is -0.110. The highest BCUT2D eigenvalue weighted by Crippen LogP contribution is 2.47. The van der Waals surface area contributed by atoms with Crippen LogP contribution in [0.5, 0.6) is 0 Å². The summed E-state index contributed by atoms with van der Waals surface area (Å²) in [5.74, 6) is 0.882. The predicted molar refractivity (Wildman–Crippen MR) is 116 cm³/mol. The molecule has 1 aliphatic heterocycles. The Morgan fingerprint density at radius 2 is 1.83 bits per heavy atom. The number of amides is 1. The molecule has 5 rings (SSSR count). The van der Waals surface area contributed by atoms with E-state index in [1.165, 1.54) is 0 Å². The zero-order valence-corrected chi connectivity index (χ0v) is 17.0. The minimum Gasteiger partial charge on any atom is -0.464 e. The highest BCUT2D eigenvalue weighted by molar-refractivity contribution is 5.95. The van der Waals surface area contributed by atoms with Gasteiger partial charge in [-0.3, -0.25) is 4.79 Å². The maximum Gasteiger partial charge on any atom is 0.254 e. The second kappa shape index (κ2) is 7.77. The first-order valence-electron chi connectivity index (χ1n) is 10.9. The molecule has 3 atom stereocenters. The fraction of sp³-hybridized carbons (Fsp3) is 0.346. The molecule has 1 unspecified atom stereocenters. The van der Waals surface area contributed by atoms with Crippen LogP contribution in [0.4, 0.5) is 0 Å². The SMILES string of the molecule is O=C(c1cccc(-c2ccco2)c1)N1CC[C@@](O)(c2ccccc2)[C@@H]2CCCCC21. The van der Waals surface area contributed by atoms with Crippen LogP contribution in [-0.2, 0) is 5.60 Å². The lowest BCUT2D eigenvalue weighted by Gasteiger charge is -2.52. The van der Waals surface area contributed by atoms with Gasteiger partial charge in [-0.25, -0.2) is 0 Å². The number of rotatable bonds is 3. The molecule has 0 bridgehead atoms. The summed E-state index contributed by atoms with van der Waals surface area (Å²) in [5.41, 5.74) is 1.70. The van der Waals surface area contributed by atoms with Crippen LogP contribution >= 0.6 is 0 Å². The van der Waals surface area contributed by atoms with Crippen LogP contribution in [0, 0.1) is 5.92 Å². The Kier molecular flexibility index (Phi) is 4.95. The largest absolute Gasteiger partial charge is 0.464 e. The molecule has 1 aliphatic carbocycles. The summed E-state index contributed by atoms with van der Waals surface area (Å²) in [5, 5.41) is 11.7. The Bertz CT molecular complexity index is 1010. The van der Waals surface area contributed by atoms with Gasteiger partial charge in [0, 0.05) is 29.6 Å². The molecule has 0 spiro atoms. The van der Waals surface area contributed by atoms with E-state index in [1.54, 1.807) is 6.26 Å². The average molecular weight is 402 g/mol. The third kappa shape index (κ3) is 3.25. The number of fused-ring (bicyclic) bond motifs is 1. The van der Waals surface area contributed by atoms with Crippen LogP contribution in [0.25, 0.3) is 11.3 Å². The summed E-state index contributed by atoms with van der Waals surface area (Å²) in [6, 6.07) is 21.5. The van der Waals surface area contributed by atoms with Gasteiger partial charge in [0.15, 0.2) is 0 Å². The van der Waals surface area contributed by atoms with Crippen LogP contribution in [0.15, 0.2) is 77.4 Å². The van der Waals surface area contributed by atoms with Crippen LogP contribution < -0.4 is 0 Å². The predicted octanol–water partition coefficient (Wildman–Crippen LogP) is 5.24. The Balaban J connectivity index is 1.45. The fourth-order valence-corrected chi connectivity index (χ4v) is 5.43. The average Bonchev–Trinajstić information content (AvgIpc) is 3.35. The van der Waals surface area contributed by atoms with Gasteiger partial charge in [0.2, 0.25) is 0 Å². The summed E-state index contributed by atoms with van der Waals surface area (Å²) in [7, 11) is 0. The van der Waals surface area contributed by atoms with Crippen LogP contribution in [0.3, 0.4) is 0 Å². The standard InChI is InChI=1S/C26H27NO3/c28-25(20-9-6-8-19(18-20)24-14-7-17-30-24)27-16-15-26(29,21-10-2-1-3-11-21)22-12-4-5-13-23(22)27/h1-3,6-11,14,17-18,22-23,29H,4-5,12-13,15-16H2/t22-,23?,26-/m1/s1. The van der Waals surface area contributed by atoms with Crippen molar-refractivity contribution in [1.82, 2.24) is 4.90 Å². The molecule has 30 heavy (non-hydrogen) atoms. The van der Waals surface area contributed by atoms with Crippen molar-refractivity contribution in [1.29, 1.82) is 0 Å². The molecule has 1 saturated carbocycles. The van der Waals surface area contributed by atoms with Gasteiger partial charge >= 0.3 is 0 Å². The van der Waals surface area contributed by atoms with Gasteiger partial charge in [0.1, 0.15) is 5.76 Å². The van der Waals surface area contributed by atoms with Gasteiger partial charge in [-0.05, 0) is 49.1 Å². The highest BCUT2D eigenvalue weighted by atomic mass is 16.3. The zero-order valence-electron chi connectivity index (χ0n) is 17.0. The van der Waals surface area contributed by atoms with Crippen molar-refractivity contribution in [2.75, 3.05) is 6.54 Å². The van der Waals surface area contributed by atoms with Crippen LogP contribution in [0.2, 0.25) is 0 Å². The molecule has 4 nitrogen and oxygen atoms in total. The minimum atomic E-state index is -0.862. The van der Waals surface area contributed by atoms with Crippen molar-refractivity contribution in [3.05, 3.63) is 84.1 Å². The summed E-state index contributed by atoms with van der Waals surface area (Å²) in [6.45, 7) is 0.566. The fourth-order valence-electron chi connectivity index (χ4n) is 5.43. The molecule has 2 aliphatic rings. The van der Waals surface area contributed by atoms with Crippen molar-refractivity contribution < 1.29 is 14.3 Å². The normalized spacial score (nSPS) is 26.2. The summed E-state index contributed by atoms with van der Waals surface area (Å²) in [6.07, 6.45) is 6.32. The van der Waals surface area contributed by atoms with E-state index < -0.39 is 5.60 Å². The van der Waals surface area contributed by atoms with Gasteiger partial charge in [-0.2, -0.15) is 0 Å². The van der Waals surface area contributed by atoms with Gasteiger partial charge in [-0.1, -0.05) is 55.3 Å². The maximum atomic E-state index is 13.5. The van der Waals surface area contributed by atoms with E-state index in [9.17, 15) is 9.90 Å². The van der Waals surface area contributed by atoms with E-state index >= 15 is 0 Å². The number of furan rings is 1. The lowest BCUT2D eigenvalue weighted by Crippen LogP contribution is -2.59. The number of aliphatic hydroxyl groups is 1. The molecular weight excluding hydrogens is 374 g/mol. The summed E-state index contributed by atoms with van der Waals surface area (Å²) < 4.78 is 5.50. The number of hydrogen-bond acceptors (Lipinski definition) is 3. The van der Waals surface area contributed by atoms with E-state index in [4.69, 9.17) is 4.42 Å². The highest BCUT2D eigenvalue weighted by Gasteiger charge is 2.50. The van der Waals surface area contributed by atoms with E-state index in [0.717, 1.165) is 42.6 Å². The first-order valence-corrected chi connectivity index (χ1v) is 10.9. The summed E-state index contributed by atoms with van der Waals surface area (Å²) >= 11 is 0. The summed E-state index contributed by atoms with van der Waals surface area (Å²) in [4.78, 5) is 15.6. The molecule has 1 N–H and O–H groups in total. The molecule has 2 heterocycles. The molecule has 3 aromatic rings. The molecule has 154 valence electrons. The molecule has 1 aromatic heterocycles. The van der Waals surface area contributed by atoms with Crippen LogP contribution in [-0.4, -0.2) is 28.5 Å². The monoisotopic (exact) mass is 401 g/mol. The van der Waals surface area contributed by atoms with E-state index in [-0.39, 0.29) is 17.9 Å². The smallest absolute Gasteiger partial charge is 0.254 e. The molecule has 2 fully saturated rings. The Morgan fingerprint density at radius 3 is 2.63 bits per heavy atom. The lowest BCUT2D eigenvalue weighted by atomic mass is 9.66. The number of carbonyl (C=O) groups is 1. The van der Waals surface area contributed by atoms with E-state index in [0.29, 0.717) is 18.5 Å². The Labute approximate surface area is 177 Å². The molecule has 2 aromatic carbocycles. The number of benzene rings is 2. The number of likely N-dealkylation sites (tertiary alicyclic amines) is 1. The Morgan fingerprint density at radius 1 is 1.00 bits per heavy atom. The molecule has 1 amide bonds. The van der Waals surface area contributed by atoms with Crippen molar-refractivity contribution in [2.45, 2.75) is 43.7 Å². The minimum absolute atomic E-state index is 0.0513.